The molecule has 0 atom stereocenters. The second-order valence-electron chi connectivity index (χ2n) is 7.03. The molecule has 30 heavy (non-hydrogen) atoms. The van der Waals surface area contributed by atoms with Gasteiger partial charge in [-0.25, -0.2) is 4.98 Å². The van der Waals surface area contributed by atoms with Crippen LogP contribution in [0.15, 0.2) is 69.6 Å². The van der Waals surface area contributed by atoms with Gasteiger partial charge in [0.2, 0.25) is 5.89 Å². The number of ether oxygens (including phenoxy) is 1. The third-order valence-electron chi connectivity index (χ3n) is 4.72. The van der Waals surface area contributed by atoms with Crippen molar-refractivity contribution in [1.29, 1.82) is 0 Å². The first-order valence-corrected chi connectivity index (χ1v) is 10.5. The van der Waals surface area contributed by atoms with Crippen LogP contribution in [0.1, 0.15) is 18.1 Å². The molecule has 1 aromatic heterocycles. The van der Waals surface area contributed by atoms with E-state index < -0.39 is 0 Å². The van der Waals surface area contributed by atoms with Gasteiger partial charge in [-0.05, 0) is 83.4 Å². The monoisotopic (exact) mass is 464 g/mol. The van der Waals surface area contributed by atoms with Crippen molar-refractivity contribution in [3.05, 3.63) is 76.3 Å². The van der Waals surface area contributed by atoms with Crippen molar-refractivity contribution in [3.8, 4) is 17.2 Å². The number of nitrogens with one attached hydrogen (secondary N) is 1. The molecule has 0 aliphatic heterocycles. The second kappa shape index (κ2) is 8.71. The van der Waals surface area contributed by atoms with Gasteiger partial charge in [0.05, 0.1) is 4.47 Å². The van der Waals surface area contributed by atoms with Crippen LogP contribution in [0.5, 0.6) is 5.75 Å². The summed E-state index contributed by atoms with van der Waals surface area (Å²) in [4.78, 5) is 16.8. The van der Waals surface area contributed by atoms with Crippen LogP contribution in [-0.2, 0) is 11.2 Å². The summed E-state index contributed by atoms with van der Waals surface area (Å²) in [7, 11) is 0. The number of aryl methyl sites for hydroxylation is 2. The summed E-state index contributed by atoms with van der Waals surface area (Å²) in [6.45, 7) is 4.06. The molecular weight excluding hydrogens is 444 g/mol. The van der Waals surface area contributed by atoms with Gasteiger partial charge in [0.25, 0.3) is 5.91 Å². The molecule has 0 saturated heterocycles. The summed E-state index contributed by atoms with van der Waals surface area (Å²) >= 11 is 3.56. The van der Waals surface area contributed by atoms with Crippen molar-refractivity contribution in [3.63, 3.8) is 0 Å². The maximum Gasteiger partial charge on any atom is 0.262 e. The van der Waals surface area contributed by atoms with Crippen molar-refractivity contribution in [2.45, 2.75) is 20.3 Å². The Kier molecular flexibility index (Phi) is 5.86. The summed E-state index contributed by atoms with van der Waals surface area (Å²) in [6.07, 6.45) is 0.929. The molecular formula is C24H21BrN2O3. The molecule has 1 heterocycles. The molecule has 3 aromatic carbocycles. The summed E-state index contributed by atoms with van der Waals surface area (Å²) in [6, 6.07) is 19.1. The fraction of sp³-hybridized carbons (Fsp3) is 0.167. The van der Waals surface area contributed by atoms with E-state index in [1.165, 1.54) is 5.56 Å². The van der Waals surface area contributed by atoms with Crippen molar-refractivity contribution in [2.75, 3.05) is 11.9 Å². The highest BCUT2D eigenvalue weighted by Crippen LogP contribution is 2.31. The van der Waals surface area contributed by atoms with E-state index in [0.29, 0.717) is 17.3 Å². The van der Waals surface area contributed by atoms with Crippen LogP contribution in [0, 0.1) is 6.92 Å². The number of amides is 1. The van der Waals surface area contributed by atoms with Gasteiger partial charge < -0.3 is 14.5 Å². The quantitative estimate of drug-likeness (QED) is 0.371. The van der Waals surface area contributed by atoms with E-state index in [9.17, 15) is 4.79 Å². The minimum absolute atomic E-state index is 0.0519. The molecule has 0 unspecified atom stereocenters. The van der Waals surface area contributed by atoms with Crippen molar-refractivity contribution in [1.82, 2.24) is 4.98 Å². The van der Waals surface area contributed by atoms with Gasteiger partial charge in [0, 0.05) is 11.3 Å². The molecule has 1 amide bonds. The minimum Gasteiger partial charge on any atom is -0.484 e. The molecule has 4 rings (SSSR count). The predicted molar refractivity (Wildman–Crippen MR) is 122 cm³/mol. The number of carbonyl (C=O) groups excluding carboxylic acids is 1. The maximum atomic E-state index is 12.2. The Bertz CT molecular complexity index is 1180. The lowest BCUT2D eigenvalue weighted by Crippen LogP contribution is -2.20. The van der Waals surface area contributed by atoms with Crippen molar-refractivity contribution in [2.24, 2.45) is 0 Å². The lowest BCUT2D eigenvalue weighted by atomic mass is 10.1. The first-order valence-electron chi connectivity index (χ1n) is 9.70. The van der Waals surface area contributed by atoms with Gasteiger partial charge in [-0.3, -0.25) is 4.79 Å². The van der Waals surface area contributed by atoms with Gasteiger partial charge in [0.1, 0.15) is 11.3 Å². The standard InChI is InChI=1S/C24H21BrN2O3/c1-3-16-12-20(25)23-21(13-16)27-24(30-23)17-6-8-18(9-7-17)26-22(28)14-29-19-10-4-15(2)5-11-19/h4-13H,3,14H2,1-2H3,(H,26,28). The van der Waals surface area contributed by atoms with E-state index in [-0.39, 0.29) is 12.5 Å². The van der Waals surface area contributed by atoms with E-state index in [4.69, 9.17) is 9.15 Å². The zero-order valence-electron chi connectivity index (χ0n) is 16.7. The number of hydrogen-bond acceptors (Lipinski definition) is 4. The van der Waals surface area contributed by atoms with Crippen LogP contribution in [0.3, 0.4) is 0 Å². The van der Waals surface area contributed by atoms with Crippen LogP contribution >= 0.6 is 15.9 Å². The summed E-state index contributed by atoms with van der Waals surface area (Å²) in [5, 5.41) is 2.83. The largest absolute Gasteiger partial charge is 0.484 e. The number of oxazole rings is 1. The molecule has 0 radical (unpaired) electrons. The number of halogens is 1. The molecule has 0 spiro atoms. The Morgan fingerprint density at radius 1 is 1.10 bits per heavy atom. The van der Waals surface area contributed by atoms with Gasteiger partial charge in [-0.2, -0.15) is 0 Å². The number of fused-ring (bicyclic) bond motifs is 1. The zero-order chi connectivity index (χ0) is 21.1. The van der Waals surface area contributed by atoms with Crippen LogP contribution in [0.2, 0.25) is 0 Å². The average molecular weight is 465 g/mol. The third-order valence-corrected chi connectivity index (χ3v) is 5.31. The topological polar surface area (TPSA) is 64.4 Å². The molecule has 4 aromatic rings. The van der Waals surface area contributed by atoms with Crippen LogP contribution in [0.25, 0.3) is 22.6 Å². The Hall–Kier alpha value is -3.12. The Balaban J connectivity index is 1.42. The molecule has 1 N–H and O–H groups in total. The van der Waals surface area contributed by atoms with Crippen molar-refractivity contribution < 1.29 is 13.9 Å². The van der Waals surface area contributed by atoms with Gasteiger partial charge in [-0.15, -0.1) is 0 Å². The third kappa shape index (κ3) is 4.54. The number of hydrogen-bond donors (Lipinski definition) is 1. The van der Waals surface area contributed by atoms with E-state index in [1.807, 2.05) is 61.5 Å². The van der Waals surface area contributed by atoms with E-state index in [2.05, 4.69) is 39.2 Å². The highest BCUT2D eigenvalue weighted by molar-refractivity contribution is 9.10. The van der Waals surface area contributed by atoms with Gasteiger partial charge in [-0.1, -0.05) is 24.6 Å². The predicted octanol–water partition coefficient (Wildman–Crippen LogP) is 6.15. The molecule has 6 heteroatoms. The number of anilines is 1. The number of aromatic nitrogens is 1. The summed E-state index contributed by atoms with van der Waals surface area (Å²) in [5.74, 6) is 0.986. The molecule has 0 saturated carbocycles. The van der Waals surface area contributed by atoms with Crippen LogP contribution in [-0.4, -0.2) is 17.5 Å². The fourth-order valence-corrected chi connectivity index (χ4v) is 3.63. The number of rotatable bonds is 6. The van der Waals surface area contributed by atoms with Crippen LogP contribution < -0.4 is 10.1 Å². The van der Waals surface area contributed by atoms with Gasteiger partial charge >= 0.3 is 0 Å². The van der Waals surface area contributed by atoms with E-state index in [1.54, 1.807) is 0 Å². The molecule has 0 fully saturated rings. The first-order chi connectivity index (χ1) is 14.5. The highest BCUT2D eigenvalue weighted by atomic mass is 79.9. The normalized spacial score (nSPS) is 10.9. The summed E-state index contributed by atoms with van der Waals surface area (Å²) in [5.41, 5.74) is 5.41. The smallest absolute Gasteiger partial charge is 0.262 e. The van der Waals surface area contributed by atoms with Gasteiger partial charge in [0.15, 0.2) is 12.2 Å². The number of benzene rings is 3. The molecule has 152 valence electrons. The second-order valence-corrected chi connectivity index (χ2v) is 7.88. The average Bonchev–Trinajstić information content (AvgIpc) is 3.18. The maximum absolute atomic E-state index is 12.2. The molecule has 5 nitrogen and oxygen atoms in total. The number of carbonyl (C=O) groups is 1. The number of nitrogens with zero attached hydrogens (tertiary/aromatic N) is 1. The van der Waals surface area contributed by atoms with E-state index >= 15 is 0 Å². The Labute approximate surface area is 183 Å². The Morgan fingerprint density at radius 3 is 2.53 bits per heavy atom. The lowest BCUT2D eigenvalue weighted by Gasteiger charge is -2.08. The first kappa shape index (κ1) is 20.2. The highest BCUT2D eigenvalue weighted by Gasteiger charge is 2.12. The summed E-state index contributed by atoms with van der Waals surface area (Å²) < 4.78 is 12.3. The fourth-order valence-electron chi connectivity index (χ4n) is 3.05. The lowest BCUT2D eigenvalue weighted by molar-refractivity contribution is -0.118. The molecule has 0 bridgehead atoms. The minimum atomic E-state index is -0.221. The van der Waals surface area contributed by atoms with E-state index in [0.717, 1.165) is 33.1 Å². The molecule has 0 aliphatic carbocycles. The zero-order valence-corrected chi connectivity index (χ0v) is 18.3. The SMILES string of the molecule is CCc1cc(Br)c2oc(-c3ccc(NC(=O)COc4ccc(C)cc4)cc3)nc2c1. The van der Waals surface area contributed by atoms with Crippen molar-refractivity contribution >= 4 is 38.6 Å². The Morgan fingerprint density at radius 2 is 1.83 bits per heavy atom. The molecule has 0 aliphatic rings. The van der Waals surface area contributed by atoms with Crippen LogP contribution in [0.4, 0.5) is 5.69 Å².